The highest BCUT2D eigenvalue weighted by Crippen LogP contribution is 2.53. The zero-order valence-corrected chi connectivity index (χ0v) is 43.6. The van der Waals surface area contributed by atoms with Crippen molar-refractivity contribution in [1.82, 2.24) is 29.5 Å². The van der Waals surface area contributed by atoms with Gasteiger partial charge in [0.25, 0.3) is 0 Å². The van der Waals surface area contributed by atoms with Crippen molar-refractivity contribution in [1.29, 1.82) is 0 Å². The van der Waals surface area contributed by atoms with E-state index >= 15 is 0 Å². The topological polar surface area (TPSA) is 85.8 Å². The molecule has 0 saturated heterocycles. The minimum Gasteiger partial charge on any atom is -0.456 e. The van der Waals surface area contributed by atoms with E-state index in [0.29, 0.717) is 23.4 Å². The van der Waals surface area contributed by atoms with Crippen molar-refractivity contribution in [2.75, 3.05) is 4.90 Å². The van der Waals surface area contributed by atoms with Gasteiger partial charge in [0, 0.05) is 64.7 Å². The van der Waals surface area contributed by atoms with Gasteiger partial charge in [0.2, 0.25) is 5.95 Å². The minimum atomic E-state index is 0.574. The maximum atomic E-state index is 6.62. The zero-order valence-electron chi connectivity index (χ0n) is 42.8. The zero-order chi connectivity index (χ0) is 52.7. The fraction of sp³-hybridized carbons (Fsp3) is 0. The third-order valence-corrected chi connectivity index (χ3v) is 16.3. The van der Waals surface area contributed by atoms with Crippen LogP contribution in [-0.2, 0) is 0 Å². The van der Waals surface area contributed by atoms with Gasteiger partial charge in [-0.05, 0) is 101 Å². The van der Waals surface area contributed by atoms with E-state index in [4.69, 9.17) is 29.3 Å². The van der Waals surface area contributed by atoms with Gasteiger partial charge in [0.05, 0.1) is 33.6 Å². The van der Waals surface area contributed by atoms with Crippen molar-refractivity contribution >= 4 is 83.7 Å². The molecule has 0 fully saturated rings. The van der Waals surface area contributed by atoms with Crippen LogP contribution in [0, 0.1) is 0 Å². The van der Waals surface area contributed by atoms with Crippen LogP contribution in [0.2, 0.25) is 0 Å². The van der Waals surface area contributed by atoms with E-state index in [2.05, 4.69) is 185 Å². The van der Waals surface area contributed by atoms with Crippen LogP contribution in [0.5, 0.6) is 0 Å². The summed E-state index contributed by atoms with van der Waals surface area (Å²) in [5.74, 6) is 2.38. The molecule has 8 nitrogen and oxygen atoms in total. The van der Waals surface area contributed by atoms with E-state index in [1.807, 2.05) is 84.9 Å². The minimum absolute atomic E-state index is 0.574. The second-order valence-electron chi connectivity index (χ2n) is 20.0. The average Bonchev–Trinajstić information content (AvgIpc) is 4.27. The molecular weight excluding hydrogens is 999 g/mol. The maximum Gasteiger partial charge on any atom is 0.235 e. The van der Waals surface area contributed by atoms with E-state index in [-0.39, 0.29) is 0 Å². The van der Waals surface area contributed by atoms with Crippen LogP contribution in [0.25, 0.3) is 128 Å². The van der Waals surface area contributed by atoms with Crippen LogP contribution in [0.15, 0.2) is 275 Å². The first kappa shape index (κ1) is 45.7. The molecule has 11 aromatic carbocycles. The van der Waals surface area contributed by atoms with Crippen LogP contribution >= 0.6 is 11.8 Å². The van der Waals surface area contributed by atoms with Crippen LogP contribution in [0.4, 0.5) is 17.3 Å². The monoisotopic (exact) mass is 1040 g/mol. The largest absolute Gasteiger partial charge is 0.456 e. The van der Waals surface area contributed by atoms with Gasteiger partial charge in [-0.1, -0.05) is 194 Å². The summed E-state index contributed by atoms with van der Waals surface area (Å²) in [5, 5.41) is 5.34. The third-order valence-electron chi connectivity index (χ3n) is 15.2. The van der Waals surface area contributed by atoms with Crippen molar-refractivity contribution in [2.24, 2.45) is 0 Å². The number of fused-ring (bicyclic) bond motifs is 9. The van der Waals surface area contributed by atoms with E-state index < -0.39 is 0 Å². The van der Waals surface area contributed by atoms with Crippen LogP contribution in [0.3, 0.4) is 0 Å². The lowest BCUT2D eigenvalue weighted by atomic mass is 10.00. The molecule has 1 aliphatic rings. The summed E-state index contributed by atoms with van der Waals surface area (Å²) in [4.78, 5) is 30.5. The summed E-state index contributed by atoms with van der Waals surface area (Å²) < 4.78 is 8.98. The van der Waals surface area contributed by atoms with E-state index in [9.17, 15) is 0 Å². The van der Waals surface area contributed by atoms with Crippen molar-refractivity contribution in [3.8, 4) is 73.4 Å². The van der Waals surface area contributed by atoms with Crippen molar-refractivity contribution < 1.29 is 4.42 Å². The Morgan fingerprint density at radius 3 is 1.56 bits per heavy atom. The Bertz CT molecular complexity index is 4870. The molecule has 0 saturated carbocycles. The SMILES string of the molecule is c1ccc(-c2nc(-c3ccccc3)nc(-c3cccc4oc5ccc(-c6ccc7c(c6)Sc6cc(-c8ccc9c(c8)c8ccccc8n9-c8ccccc8)ccc6N7c6nc(-c7ccccc7)c7ccccc7n6)cc5c34)n2)cc1. The van der Waals surface area contributed by atoms with Gasteiger partial charge >= 0.3 is 0 Å². The number of hydrogen-bond acceptors (Lipinski definition) is 8. The molecule has 0 amide bonds. The number of rotatable bonds is 8. The standard InChI is InChI=1S/C71H43N7OS/c1-5-18-44(19-6-1)67-53-27-13-15-29-57(53)72-71(73-67)78-60-37-33-49(47-32-36-59-55(40-47)52-26-14-16-30-58(52)77(59)51-24-11-4-12-25-51)42-64(60)80-65-43-50(34-38-61(65)78)48-35-39-62-56(41-48)66-54(28-17-31-63(66)79-62)70-75-68(45-20-7-2-8-21-45)74-69(76-70)46-22-9-3-10-23-46/h1-43H. The second-order valence-corrected chi connectivity index (χ2v) is 21.1. The molecule has 15 aromatic rings. The Morgan fingerprint density at radius 2 is 0.875 bits per heavy atom. The fourth-order valence-electron chi connectivity index (χ4n) is 11.5. The first-order valence-corrected chi connectivity index (χ1v) is 27.5. The van der Waals surface area contributed by atoms with Crippen molar-refractivity contribution in [3.63, 3.8) is 0 Å². The summed E-state index contributed by atoms with van der Waals surface area (Å²) in [7, 11) is 0. The van der Waals surface area contributed by atoms with E-state index in [0.717, 1.165) is 110 Å². The molecule has 0 radical (unpaired) electrons. The summed E-state index contributed by atoms with van der Waals surface area (Å²) in [6, 6.07) is 91.2. The summed E-state index contributed by atoms with van der Waals surface area (Å²) in [5.41, 5.74) is 16.9. The Morgan fingerprint density at radius 1 is 0.338 bits per heavy atom. The molecule has 374 valence electrons. The Labute approximate surface area is 464 Å². The smallest absolute Gasteiger partial charge is 0.235 e. The number of nitrogens with zero attached hydrogens (tertiary/aromatic N) is 7. The Kier molecular flexibility index (Phi) is 10.6. The second kappa shape index (κ2) is 18.6. The molecule has 0 unspecified atom stereocenters. The van der Waals surface area contributed by atoms with Gasteiger partial charge < -0.3 is 8.98 Å². The molecule has 5 heterocycles. The highest BCUT2D eigenvalue weighted by Gasteiger charge is 2.29. The highest BCUT2D eigenvalue weighted by atomic mass is 32.2. The third kappa shape index (κ3) is 7.66. The number of aromatic nitrogens is 6. The van der Waals surface area contributed by atoms with Crippen molar-refractivity contribution in [2.45, 2.75) is 9.79 Å². The normalized spacial score (nSPS) is 12.2. The number of para-hydroxylation sites is 3. The lowest BCUT2D eigenvalue weighted by Crippen LogP contribution is -2.18. The number of benzene rings is 11. The van der Waals surface area contributed by atoms with Gasteiger partial charge in [-0.3, -0.25) is 4.90 Å². The number of hydrogen-bond donors (Lipinski definition) is 0. The summed E-state index contributed by atoms with van der Waals surface area (Å²) >= 11 is 1.77. The van der Waals surface area contributed by atoms with Gasteiger partial charge in [-0.2, -0.15) is 0 Å². The predicted octanol–water partition coefficient (Wildman–Crippen LogP) is 18.7. The molecule has 0 aliphatic carbocycles. The van der Waals surface area contributed by atoms with Crippen LogP contribution in [-0.4, -0.2) is 29.5 Å². The molecular formula is C71H43N7OS. The lowest BCUT2D eigenvalue weighted by molar-refractivity contribution is 0.669. The number of furan rings is 1. The van der Waals surface area contributed by atoms with E-state index in [1.54, 1.807) is 11.8 Å². The summed E-state index contributed by atoms with van der Waals surface area (Å²) in [6.45, 7) is 0. The van der Waals surface area contributed by atoms with Crippen LogP contribution in [0.1, 0.15) is 0 Å². The Balaban J connectivity index is 0.848. The molecule has 0 atom stereocenters. The van der Waals surface area contributed by atoms with E-state index in [1.165, 1.54) is 21.8 Å². The Hall–Kier alpha value is -10.5. The lowest BCUT2D eigenvalue weighted by Gasteiger charge is -2.32. The van der Waals surface area contributed by atoms with Crippen LogP contribution < -0.4 is 4.90 Å². The molecule has 16 rings (SSSR count). The first-order valence-electron chi connectivity index (χ1n) is 26.6. The molecule has 4 aromatic heterocycles. The first-order chi connectivity index (χ1) is 39.6. The van der Waals surface area contributed by atoms with Gasteiger partial charge in [0.1, 0.15) is 11.2 Å². The quantitative estimate of drug-likeness (QED) is 0.149. The highest BCUT2D eigenvalue weighted by molar-refractivity contribution is 7.99. The molecule has 80 heavy (non-hydrogen) atoms. The number of anilines is 3. The fourth-order valence-corrected chi connectivity index (χ4v) is 12.6. The molecule has 0 N–H and O–H groups in total. The molecule has 9 heteroatoms. The van der Waals surface area contributed by atoms with Gasteiger partial charge in [-0.15, -0.1) is 0 Å². The summed E-state index contributed by atoms with van der Waals surface area (Å²) in [6.07, 6.45) is 0. The van der Waals surface area contributed by atoms with Gasteiger partial charge in [0.15, 0.2) is 17.5 Å². The predicted molar refractivity (Wildman–Crippen MR) is 326 cm³/mol. The van der Waals surface area contributed by atoms with Gasteiger partial charge in [-0.25, -0.2) is 24.9 Å². The molecule has 1 aliphatic heterocycles. The molecule has 0 spiro atoms. The average molecular weight is 1040 g/mol. The van der Waals surface area contributed by atoms with Crippen molar-refractivity contribution in [3.05, 3.63) is 261 Å². The molecule has 0 bridgehead atoms. The maximum absolute atomic E-state index is 6.62.